The van der Waals surface area contributed by atoms with E-state index in [1.165, 1.54) is 22.3 Å². The topological polar surface area (TPSA) is 44.7 Å². The molecule has 1 N–H and O–H groups in total. The normalized spacial score (nSPS) is 13.0. The first-order valence-corrected chi connectivity index (χ1v) is 10.8. The van der Waals surface area contributed by atoms with Gasteiger partial charge in [0.15, 0.2) is 0 Å². The Morgan fingerprint density at radius 1 is 0.875 bits per heavy atom. The van der Waals surface area contributed by atoms with E-state index in [0.717, 1.165) is 35.1 Å². The molecular weight excluding hydrogens is 394 g/mol. The number of hydrazone groups is 1. The van der Waals surface area contributed by atoms with Gasteiger partial charge in [-0.2, -0.15) is 5.10 Å². The van der Waals surface area contributed by atoms with Crippen LogP contribution in [-0.4, -0.2) is 12.1 Å². The summed E-state index contributed by atoms with van der Waals surface area (Å²) in [5, 5.41) is 6.46. The highest BCUT2D eigenvalue weighted by Gasteiger charge is 2.20. The molecule has 4 aromatic rings. The van der Waals surface area contributed by atoms with E-state index in [0.29, 0.717) is 5.56 Å². The number of amides is 1. The summed E-state index contributed by atoms with van der Waals surface area (Å²) in [6.45, 7) is 6.03. The summed E-state index contributed by atoms with van der Waals surface area (Å²) in [5.74, 6) is -0.216. The van der Waals surface area contributed by atoms with E-state index in [1.54, 1.807) is 6.21 Å². The van der Waals surface area contributed by atoms with Crippen molar-refractivity contribution in [3.63, 3.8) is 0 Å². The van der Waals surface area contributed by atoms with Crippen molar-refractivity contribution in [3.05, 3.63) is 112 Å². The molecule has 4 aromatic carbocycles. The molecule has 0 bridgehead atoms. The van der Waals surface area contributed by atoms with Gasteiger partial charge in [-0.3, -0.25) is 4.79 Å². The van der Waals surface area contributed by atoms with Crippen LogP contribution in [0.25, 0.3) is 10.8 Å². The Kier molecular flexibility index (Phi) is 5.20. The van der Waals surface area contributed by atoms with Crippen molar-refractivity contribution in [2.45, 2.75) is 26.9 Å². The number of anilines is 1. The molecule has 0 aromatic heterocycles. The zero-order valence-electron chi connectivity index (χ0n) is 18.3. The molecule has 1 heterocycles. The molecule has 0 spiro atoms. The van der Waals surface area contributed by atoms with Crippen molar-refractivity contribution in [3.8, 4) is 0 Å². The van der Waals surface area contributed by atoms with Crippen LogP contribution in [0.2, 0.25) is 0 Å². The Hall–Kier alpha value is -3.92. The first-order valence-electron chi connectivity index (χ1n) is 10.8. The van der Waals surface area contributed by atoms with E-state index in [4.69, 9.17) is 0 Å². The minimum atomic E-state index is -0.216. The van der Waals surface area contributed by atoms with Gasteiger partial charge in [-0.1, -0.05) is 60.7 Å². The molecule has 1 aliphatic rings. The summed E-state index contributed by atoms with van der Waals surface area (Å²) in [5.41, 5.74) is 10.7. The van der Waals surface area contributed by atoms with Gasteiger partial charge in [0, 0.05) is 29.9 Å². The maximum atomic E-state index is 12.7. The molecule has 1 amide bonds. The average molecular weight is 420 g/mol. The highest BCUT2D eigenvalue weighted by Crippen LogP contribution is 2.30. The summed E-state index contributed by atoms with van der Waals surface area (Å²) in [4.78, 5) is 15.0. The number of carbonyl (C=O) groups is 1. The van der Waals surface area contributed by atoms with Crippen molar-refractivity contribution >= 4 is 28.6 Å². The number of rotatable bonds is 4. The van der Waals surface area contributed by atoms with Crippen molar-refractivity contribution in [1.29, 1.82) is 0 Å². The maximum Gasteiger partial charge on any atom is 0.271 e. The Morgan fingerprint density at radius 3 is 2.34 bits per heavy atom. The fourth-order valence-electron chi connectivity index (χ4n) is 4.31. The highest BCUT2D eigenvalue weighted by atomic mass is 16.2. The number of benzene rings is 4. The second kappa shape index (κ2) is 8.31. The Bertz CT molecular complexity index is 1320. The van der Waals surface area contributed by atoms with Crippen LogP contribution in [0.1, 0.15) is 38.2 Å². The number of nitrogens with zero attached hydrogens (tertiary/aromatic N) is 2. The van der Waals surface area contributed by atoms with Crippen LogP contribution < -0.4 is 10.3 Å². The minimum absolute atomic E-state index is 0.216. The lowest BCUT2D eigenvalue weighted by atomic mass is 10.0. The van der Waals surface area contributed by atoms with Crippen LogP contribution in [-0.2, 0) is 13.1 Å². The molecule has 4 heteroatoms. The lowest BCUT2D eigenvalue weighted by Crippen LogP contribution is -2.19. The summed E-state index contributed by atoms with van der Waals surface area (Å²) in [7, 11) is 0. The Labute approximate surface area is 188 Å². The minimum Gasteiger partial charge on any atom is -0.363 e. The van der Waals surface area contributed by atoms with Crippen molar-refractivity contribution < 1.29 is 4.79 Å². The monoisotopic (exact) mass is 419 g/mol. The SMILES string of the molecule is Cc1cc2c(cc1C)CN(c1cccc(C(=O)N/N=C\c3cccc4ccccc34)c1)C2. The van der Waals surface area contributed by atoms with Gasteiger partial charge in [0.2, 0.25) is 0 Å². The number of nitrogens with one attached hydrogen (secondary N) is 1. The molecule has 158 valence electrons. The van der Waals surface area contributed by atoms with Crippen LogP contribution >= 0.6 is 0 Å². The largest absolute Gasteiger partial charge is 0.363 e. The predicted molar refractivity (Wildman–Crippen MR) is 131 cm³/mol. The van der Waals surface area contributed by atoms with Gasteiger partial charge in [-0.05, 0) is 65.1 Å². The number of hydrogen-bond acceptors (Lipinski definition) is 3. The van der Waals surface area contributed by atoms with Crippen LogP contribution in [0.5, 0.6) is 0 Å². The summed E-state index contributed by atoms with van der Waals surface area (Å²) >= 11 is 0. The Balaban J connectivity index is 1.30. The van der Waals surface area contributed by atoms with Crippen LogP contribution in [0, 0.1) is 13.8 Å². The standard InChI is InChI=1S/C28H25N3O/c1-19-13-24-17-31(18-25(24)14-20(19)2)26-11-6-9-22(15-26)28(32)30-29-16-23-10-5-8-21-7-3-4-12-27(21)23/h3-16H,17-18H2,1-2H3,(H,30,32)/b29-16-. The average Bonchev–Trinajstić information content (AvgIpc) is 3.22. The van der Waals surface area contributed by atoms with Crippen LogP contribution in [0.15, 0.2) is 84.0 Å². The van der Waals surface area contributed by atoms with E-state index in [-0.39, 0.29) is 5.91 Å². The van der Waals surface area contributed by atoms with Gasteiger partial charge < -0.3 is 4.90 Å². The molecule has 1 aliphatic heterocycles. The number of aryl methyl sites for hydroxylation is 2. The third-order valence-corrected chi connectivity index (χ3v) is 6.20. The zero-order valence-corrected chi connectivity index (χ0v) is 18.3. The summed E-state index contributed by atoms with van der Waals surface area (Å²) in [6, 6.07) is 26.5. The quantitative estimate of drug-likeness (QED) is 0.339. The molecule has 0 saturated heterocycles. The maximum absolute atomic E-state index is 12.7. The molecule has 0 aliphatic carbocycles. The third-order valence-electron chi connectivity index (χ3n) is 6.20. The third kappa shape index (κ3) is 3.87. The lowest BCUT2D eigenvalue weighted by molar-refractivity contribution is 0.0955. The molecular formula is C28H25N3O. The highest BCUT2D eigenvalue weighted by molar-refractivity contribution is 6.01. The molecule has 0 fully saturated rings. The molecule has 0 saturated carbocycles. The summed E-state index contributed by atoms with van der Waals surface area (Å²) < 4.78 is 0. The van der Waals surface area contributed by atoms with Crippen molar-refractivity contribution in [1.82, 2.24) is 5.43 Å². The second-order valence-electron chi connectivity index (χ2n) is 8.38. The second-order valence-corrected chi connectivity index (χ2v) is 8.38. The smallest absolute Gasteiger partial charge is 0.271 e. The van der Waals surface area contributed by atoms with Crippen LogP contribution in [0.4, 0.5) is 5.69 Å². The van der Waals surface area contributed by atoms with Gasteiger partial charge in [0.1, 0.15) is 0 Å². The summed E-state index contributed by atoms with van der Waals surface area (Å²) in [6.07, 6.45) is 1.70. The van der Waals surface area contributed by atoms with E-state index in [2.05, 4.69) is 65.7 Å². The van der Waals surface area contributed by atoms with E-state index < -0.39 is 0 Å². The van der Waals surface area contributed by atoms with Gasteiger partial charge in [0.25, 0.3) is 5.91 Å². The molecule has 32 heavy (non-hydrogen) atoms. The number of carbonyl (C=O) groups excluding carboxylic acids is 1. The van der Waals surface area contributed by atoms with Crippen molar-refractivity contribution in [2.24, 2.45) is 5.10 Å². The molecule has 0 radical (unpaired) electrons. The van der Waals surface area contributed by atoms with Gasteiger partial charge >= 0.3 is 0 Å². The molecule has 0 unspecified atom stereocenters. The fraction of sp³-hybridized carbons (Fsp3) is 0.143. The first-order chi connectivity index (χ1) is 15.6. The number of hydrogen-bond donors (Lipinski definition) is 1. The zero-order chi connectivity index (χ0) is 22.1. The van der Waals surface area contributed by atoms with Gasteiger partial charge in [-0.15, -0.1) is 0 Å². The molecule has 5 rings (SSSR count). The van der Waals surface area contributed by atoms with Crippen molar-refractivity contribution in [2.75, 3.05) is 4.90 Å². The fourth-order valence-corrected chi connectivity index (χ4v) is 4.31. The van der Waals surface area contributed by atoms with Crippen LogP contribution in [0.3, 0.4) is 0 Å². The van der Waals surface area contributed by atoms with E-state index in [9.17, 15) is 4.79 Å². The molecule has 4 nitrogen and oxygen atoms in total. The molecule has 0 atom stereocenters. The first kappa shape index (κ1) is 20.0. The Morgan fingerprint density at radius 2 is 1.56 bits per heavy atom. The predicted octanol–water partition coefficient (Wildman–Crippen LogP) is 5.74. The lowest BCUT2D eigenvalue weighted by Gasteiger charge is -2.18. The van der Waals surface area contributed by atoms with Gasteiger partial charge in [0.05, 0.1) is 6.21 Å². The van der Waals surface area contributed by atoms with E-state index >= 15 is 0 Å². The van der Waals surface area contributed by atoms with E-state index in [1.807, 2.05) is 42.5 Å². The van der Waals surface area contributed by atoms with Gasteiger partial charge in [-0.25, -0.2) is 5.43 Å². The number of fused-ring (bicyclic) bond motifs is 2.